The third-order valence-electron chi connectivity index (χ3n) is 3.41. The van der Waals surface area contributed by atoms with Crippen LogP contribution in [0.15, 0.2) is 24.3 Å². The highest BCUT2D eigenvalue weighted by Gasteiger charge is 2.31. The molecule has 1 aromatic rings. The molecule has 2 saturated heterocycles. The highest BCUT2D eigenvalue weighted by molar-refractivity contribution is 6.30. The van der Waals surface area contributed by atoms with Crippen molar-refractivity contribution in [2.24, 2.45) is 0 Å². The molecule has 2 fully saturated rings. The van der Waals surface area contributed by atoms with Gasteiger partial charge in [0.1, 0.15) is 0 Å². The highest BCUT2D eigenvalue weighted by Crippen LogP contribution is 2.25. The Morgan fingerprint density at radius 2 is 1.67 bits per heavy atom. The van der Waals surface area contributed by atoms with Gasteiger partial charge in [-0.3, -0.25) is 0 Å². The first kappa shape index (κ1) is 9.49. The molecular weight excluding hydrogens is 208 g/mol. The van der Waals surface area contributed by atoms with Crippen molar-refractivity contribution in [1.82, 2.24) is 5.32 Å². The second kappa shape index (κ2) is 3.69. The molecule has 2 nitrogen and oxygen atoms in total. The van der Waals surface area contributed by atoms with E-state index in [1.165, 1.54) is 18.5 Å². The smallest absolute Gasteiger partial charge is 0.0407 e. The first-order valence-corrected chi connectivity index (χ1v) is 5.95. The van der Waals surface area contributed by atoms with Gasteiger partial charge >= 0.3 is 0 Å². The van der Waals surface area contributed by atoms with Crippen LogP contribution < -0.4 is 10.2 Å². The summed E-state index contributed by atoms with van der Waals surface area (Å²) in [7, 11) is 0. The maximum absolute atomic E-state index is 5.89. The predicted octanol–water partition coefficient (Wildman–Crippen LogP) is 2.28. The van der Waals surface area contributed by atoms with Crippen LogP contribution in [-0.2, 0) is 0 Å². The SMILES string of the molecule is Clc1ccc(N2CC3CCC(C2)N3)cc1. The van der Waals surface area contributed by atoms with Crippen molar-refractivity contribution in [2.45, 2.75) is 24.9 Å². The first-order valence-electron chi connectivity index (χ1n) is 5.58. The Balaban J connectivity index is 1.80. The van der Waals surface area contributed by atoms with Gasteiger partial charge in [-0.2, -0.15) is 0 Å². The molecule has 0 aliphatic carbocycles. The molecule has 80 valence electrons. The highest BCUT2D eigenvalue weighted by atomic mass is 35.5. The Morgan fingerprint density at radius 3 is 2.27 bits per heavy atom. The molecule has 0 amide bonds. The Bertz CT molecular complexity index is 337. The van der Waals surface area contributed by atoms with E-state index in [0.717, 1.165) is 18.1 Å². The molecule has 15 heavy (non-hydrogen) atoms. The van der Waals surface area contributed by atoms with Gasteiger partial charge in [0, 0.05) is 35.9 Å². The summed E-state index contributed by atoms with van der Waals surface area (Å²) >= 11 is 5.89. The van der Waals surface area contributed by atoms with Crippen LogP contribution in [0.3, 0.4) is 0 Å². The van der Waals surface area contributed by atoms with E-state index >= 15 is 0 Å². The number of rotatable bonds is 1. The van der Waals surface area contributed by atoms with E-state index in [4.69, 9.17) is 11.6 Å². The summed E-state index contributed by atoms with van der Waals surface area (Å²) in [6.45, 7) is 2.27. The summed E-state index contributed by atoms with van der Waals surface area (Å²) < 4.78 is 0. The lowest BCUT2D eigenvalue weighted by Crippen LogP contribution is -2.51. The monoisotopic (exact) mass is 222 g/mol. The van der Waals surface area contributed by atoms with Crippen molar-refractivity contribution in [3.05, 3.63) is 29.3 Å². The second-order valence-corrected chi connectivity index (χ2v) is 4.96. The topological polar surface area (TPSA) is 15.3 Å². The van der Waals surface area contributed by atoms with E-state index in [1.807, 2.05) is 12.1 Å². The lowest BCUT2D eigenvalue weighted by molar-refractivity contribution is 0.466. The van der Waals surface area contributed by atoms with Crippen molar-refractivity contribution in [1.29, 1.82) is 0 Å². The van der Waals surface area contributed by atoms with Crippen LogP contribution >= 0.6 is 11.6 Å². The van der Waals surface area contributed by atoms with E-state index in [2.05, 4.69) is 22.3 Å². The van der Waals surface area contributed by atoms with Gasteiger partial charge in [0.15, 0.2) is 0 Å². The third-order valence-corrected chi connectivity index (χ3v) is 3.66. The van der Waals surface area contributed by atoms with Gasteiger partial charge in [0.05, 0.1) is 0 Å². The van der Waals surface area contributed by atoms with Gasteiger partial charge < -0.3 is 10.2 Å². The molecule has 0 radical (unpaired) electrons. The van der Waals surface area contributed by atoms with Gasteiger partial charge in [-0.05, 0) is 37.1 Å². The maximum atomic E-state index is 5.89. The number of fused-ring (bicyclic) bond motifs is 2. The average Bonchev–Trinajstić information content (AvgIpc) is 2.59. The van der Waals surface area contributed by atoms with Gasteiger partial charge in [0.2, 0.25) is 0 Å². The number of nitrogens with one attached hydrogen (secondary N) is 1. The fourth-order valence-electron chi connectivity index (χ4n) is 2.66. The number of hydrogen-bond acceptors (Lipinski definition) is 2. The number of nitrogens with zero attached hydrogens (tertiary/aromatic N) is 1. The fourth-order valence-corrected chi connectivity index (χ4v) is 2.79. The third kappa shape index (κ3) is 1.84. The van der Waals surface area contributed by atoms with Crippen molar-refractivity contribution >= 4 is 17.3 Å². The first-order chi connectivity index (χ1) is 7.31. The molecule has 1 N–H and O–H groups in total. The van der Waals surface area contributed by atoms with Gasteiger partial charge in [0.25, 0.3) is 0 Å². The standard InChI is InChI=1S/C12H15ClN2/c13-9-1-5-12(6-2-9)15-7-10-3-4-11(8-15)14-10/h1-2,5-6,10-11,14H,3-4,7-8H2. The van der Waals surface area contributed by atoms with E-state index in [1.54, 1.807) is 0 Å². The van der Waals surface area contributed by atoms with Crippen molar-refractivity contribution in [3.63, 3.8) is 0 Å². The van der Waals surface area contributed by atoms with Crippen molar-refractivity contribution in [2.75, 3.05) is 18.0 Å². The summed E-state index contributed by atoms with van der Waals surface area (Å²) in [5, 5.41) is 4.45. The molecule has 2 bridgehead atoms. The molecule has 3 heteroatoms. The summed E-state index contributed by atoms with van der Waals surface area (Å²) in [5.41, 5.74) is 1.30. The molecule has 2 heterocycles. The summed E-state index contributed by atoms with van der Waals surface area (Å²) in [4.78, 5) is 2.47. The zero-order valence-electron chi connectivity index (χ0n) is 8.62. The van der Waals surface area contributed by atoms with E-state index in [0.29, 0.717) is 12.1 Å². The second-order valence-electron chi connectivity index (χ2n) is 4.52. The van der Waals surface area contributed by atoms with Crippen molar-refractivity contribution < 1.29 is 0 Å². The quantitative estimate of drug-likeness (QED) is 0.785. The Hall–Kier alpha value is -0.730. The molecule has 0 aromatic heterocycles. The number of halogens is 1. The molecule has 2 atom stereocenters. The normalized spacial score (nSPS) is 29.5. The van der Waals surface area contributed by atoms with Crippen LogP contribution in [0.2, 0.25) is 5.02 Å². The van der Waals surface area contributed by atoms with Crippen molar-refractivity contribution in [3.8, 4) is 0 Å². The zero-order valence-corrected chi connectivity index (χ0v) is 9.37. The molecule has 2 aliphatic heterocycles. The number of anilines is 1. The van der Waals surface area contributed by atoms with Crippen LogP contribution in [0, 0.1) is 0 Å². The van der Waals surface area contributed by atoms with E-state index in [9.17, 15) is 0 Å². The fraction of sp³-hybridized carbons (Fsp3) is 0.500. The minimum atomic E-state index is 0.694. The minimum absolute atomic E-state index is 0.694. The zero-order chi connectivity index (χ0) is 10.3. The minimum Gasteiger partial charge on any atom is -0.368 e. The maximum Gasteiger partial charge on any atom is 0.0407 e. The van der Waals surface area contributed by atoms with Crippen LogP contribution in [0.4, 0.5) is 5.69 Å². The molecule has 1 aromatic carbocycles. The molecule has 0 saturated carbocycles. The molecular formula is C12H15ClN2. The molecule has 2 unspecified atom stereocenters. The van der Waals surface area contributed by atoms with E-state index < -0.39 is 0 Å². The summed E-state index contributed by atoms with van der Waals surface area (Å²) in [6.07, 6.45) is 2.66. The number of hydrogen-bond donors (Lipinski definition) is 1. The molecule has 3 rings (SSSR count). The lowest BCUT2D eigenvalue weighted by atomic mass is 10.2. The largest absolute Gasteiger partial charge is 0.368 e. The van der Waals surface area contributed by atoms with Crippen LogP contribution in [-0.4, -0.2) is 25.2 Å². The van der Waals surface area contributed by atoms with Crippen LogP contribution in [0.25, 0.3) is 0 Å². The Labute approximate surface area is 95.2 Å². The van der Waals surface area contributed by atoms with Gasteiger partial charge in [-0.25, -0.2) is 0 Å². The van der Waals surface area contributed by atoms with Gasteiger partial charge in [-0.1, -0.05) is 11.6 Å². The number of piperazine rings is 1. The summed E-state index contributed by atoms with van der Waals surface area (Å²) in [5.74, 6) is 0. The Kier molecular flexibility index (Phi) is 2.33. The Morgan fingerprint density at radius 1 is 1.07 bits per heavy atom. The lowest BCUT2D eigenvalue weighted by Gasteiger charge is -2.34. The molecule has 0 spiro atoms. The van der Waals surface area contributed by atoms with Crippen LogP contribution in [0.5, 0.6) is 0 Å². The van der Waals surface area contributed by atoms with Gasteiger partial charge in [-0.15, -0.1) is 0 Å². The average molecular weight is 223 g/mol. The molecule has 2 aliphatic rings. The van der Waals surface area contributed by atoms with Crippen LogP contribution in [0.1, 0.15) is 12.8 Å². The predicted molar refractivity (Wildman–Crippen MR) is 63.6 cm³/mol. The number of benzene rings is 1. The van der Waals surface area contributed by atoms with E-state index in [-0.39, 0.29) is 0 Å². The summed E-state index contributed by atoms with van der Waals surface area (Å²) in [6, 6.07) is 9.57.